The van der Waals surface area contributed by atoms with Crippen LogP contribution < -0.4 is 0 Å². The zero-order valence-corrected chi connectivity index (χ0v) is 17.0. The first-order valence-corrected chi connectivity index (χ1v) is 10.5. The third-order valence-corrected chi connectivity index (χ3v) is 6.66. The fourth-order valence-corrected chi connectivity index (χ4v) is 5.33. The molecule has 0 aromatic rings. The van der Waals surface area contributed by atoms with E-state index < -0.39 is 0 Å². The van der Waals surface area contributed by atoms with Crippen LogP contribution >= 0.6 is 0 Å². The van der Waals surface area contributed by atoms with Crippen molar-refractivity contribution in [3.8, 4) is 0 Å². The Balaban J connectivity index is 2.11. The molecule has 2 unspecified atom stereocenters. The molecule has 2 rings (SSSR count). The summed E-state index contributed by atoms with van der Waals surface area (Å²) in [6.07, 6.45) is 12.1. The molecular formula is C23H38O3. The molecule has 0 aliphatic heterocycles. The molecular weight excluding hydrogens is 324 g/mol. The first kappa shape index (κ1) is 21.4. The number of Topliss-reactive ketones (excluding diaryl/α,β-unsaturated/α-hetero) is 1. The van der Waals surface area contributed by atoms with Crippen molar-refractivity contribution < 1.29 is 15.0 Å². The van der Waals surface area contributed by atoms with E-state index in [4.69, 9.17) is 0 Å². The van der Waals surface area contributed by atoms with Gasteiger partial charge in [-0.15, -0.1) is 0 Å². The number of hydrogen-bond acceptors (Lipinski definition) is 3. The number of rotatable bonds is 8. The molecule has 0 aromatic carbocycles. The van der Waals surface area contributed by atoms with E-state index in [-0.39, 0.29) is 18.0 Å². The van der Waals surface area contributed by atoms with Crippen LogP contribution in [0.2, 0.25) is 0 Å². The lowest BCUT2D eigenvalue weighted by molar-refractivity contribution is -0.117. The van der Waals surface area contributed by atoms with Crippen LogP contribution in [0.25, 0.3) is 0 Å². The van der Waals surface area contributed by atoms with Gasteiger partial charge in [0.15, 0.2) is 0 Å². The van der Waals surface area contributed by atoms with Gasteiger partial charge in [0, 0.05) is 6.42 Å². The van der Waals surface area contributed by atoms with E-state index in [2.05, 4.69) is 19.9 Å². The molecule has 0 saturated heterocycles. The van der Waals surface area contributed by atoms with E-state index in [0.717, 1.165) is 32.1 Å². The minimum absolute atomic E-state index is 0.256. The second kappa shape index (κ2) is 9.85. The highest BCUT2D eigenvalue weighted by Gasteiger charge is 2.39. The first-order chi connectivity index (χ1) is 12.3. The van der Waals surface area contributed by atoms with Crippen molar-refractivity contribution >= 4 is 5.78 Å². The molecule has 2 aliphatic rings. The second-order valence-corrected chi connectivity index (χ2v) is 9.02. The number of ketones is 1. The zero-order chi connectivity index (χ0) is 19.3. The molecule has 3 heteroatoms. The van der Waals surface area contributed by atoms with Crippen LogP contribution in [0.1, 0.15) is 72.6 Å². The SMILES string of the molecule is CC(=O)CCC[C@@H](C)[C@@H]1CC(C[C@@H](C)O)C[C@H](C2=CC=C[C@H](O)C2)C1C. The summed E-state index contributed by atoms with van der Waals surface area (Å²) in [6, 6.07) is 0. The van der Waals surface area contributed by atoms with Crippen molar-refractivity contribution in [3.05, 3.63) is 23.8 Å². The fraction of sp³-hybridized carbons (Fsp3) is 0.783. The Morgan fingerprint density at radius 1 is 1.31 bits per heavy atom. The zero-order valence-electron chi connectivity index (χ0n) is 17.0. The van der Waals surface area contributed by atoms with Crippen molar-refractivity contribution in [2.45, 2.75) is 84.8 Å². The molecule has 148 valence electrons. The summed E-state index contributed by atoms with van der Waals surface area (Å²) < 4.78 is 0. The van der Waals surface area contributed by atoms with Crippen molar-refractivity contribution in [2.75, 3.05) is 0 Å². The normalized spacial score (nSPS) is 34.2. The second-order valence-electron chi connectivity index (χ2n) is 9.02. The summed E-state index contributed by atoms with van der Waals surface area (Å²) in [5.41, 5.74) is 1.38. The topological polar surface area (TPSA) is 57.5 Å². The van der Waals surface area contributed by atoms with Gasteiger partial charge in [0.2, 0.25) is 0 Å². The van der Waals surface area contributed by atoms with Crippen molar-refractivity contribution in [3.63, 3.8) is 0 Å². The van der Waals surface area contributed by atoms with E-state index in [0.29, 0.717) is 36.0 Å². The first-order valence-electron chi connectivity index (χ1n) is 10.5. The number of aliphatic hydroxyl groups excluding tert-OH is 2. The summed E-state index contributed by atoms with van der Waals surface area (Å²) in [7, 11) is 0. The van der Waals surface area contributed by atoms with E-state index in [1.165, 1.54) is 12.0 Å². The van der Waals surface area contributed by atoms with Gasteiger partial charge in [0.1, 0.15) is 5.78 Å². The van der Waals surface area contributed by atoms with Gasteiger partial charge in [0.05, 0.1) is 12.2 Å². The van der Waals surface area contributed by atoms with Crippen LogP contribution in [0.4, 0.5) is 0 Å². The quantitative estimate of drug-likeness (QED) is 0.659. The summed E-state index contributed by atoms with van der Waals surface area (Å²) in [6.45, 7) is 8.29. The third kappa shape index (κ3) is 6.06. The van der Waals surface area contributed by atoms with Gasteiger partial charge in [-0.05, 0) is 75.5 Å². The molecule has 7 atom stereocenters. The molecule has 0 heterocycles. The maximum Gasteiger partial charge on any atom is 0.129 e. The highest BCUT2D eigenvalue weighted by atomic mass is 16.3. The van der Waals surface area contributed by atoms with Gasteiger partial charge < -0.3 is 15.0 Å². The van der Waals surface area contributed by atoms with E-state index in [1.54, 1.807) is 6.92 Å². The van der Waals surface area contributed by atoms with E-state index in [9.17, 15) is 15.0 Å². The van der Waals surface area contributed by atoms with Crippen molar-refractivity contribution in [1.29, 1.82) is 0 Å². The highest BCUT2D eigenvalue weighted by Crippen LogP contribution is 2.48. The number of hydrogen-bond donors (Lipinski definition) is 2. The molecule has 3 nitrogen and oxygen atoms in total. The van der Waals surface area contributed by atoms with Gasteiger partial charge in [-0.3, -0.25) is 0 Å². The van der Waals surface area contributed by atoms with Gasteiger partial charge >= 0.3 is 0 Å². The highest BCUT2D eigenvalue weighted by molar-refractivity contribution is 5.75. The Labute approximate surface area is 159 Å². The Bertz CT molecular complexity index is 520. The van der Waals surface area contributed by atoms with Gasteiger partial charge in [-0.25, -0.2) is 0 Å². The number of carbonyl (C=O) groups is 1. The summed E-state index contributed by atoms with van der Waals surface area (Å²) in [5, 5.41) is 20.0. The average molecular weight is 363 g/mol. The number of carbonyl (C=O) groups excluding carboxylic acids is 1. The van der Waals surface area contributed by atoms with Crippen LogP contribution in [0.3, 0.4) is 0 Å². The molecule has 0 bridgehead atoms. The molecule has 1 fully saturated rings. The molecule has 0 aromatic heterocycles. The van der Waals surface area contributed by atoms with Crippen LogP contribution in [0.5, 0.6) is 0 Å². The predicted octanol–water partition coefficient (Wildman–Crippen LogP) is 4.68. The Hall–Kier alpha value is -0.930. The van der Waals surface area contributed by atoms with Crippen LogP contribution in [0, 0.1) is 29.6 Å². The molecule has 26 heavy (non-hydrogen) atoms. The van der Waals surface area contributed by atoms with Crippen molar-refractivity contribution in [2.24, 2.45) is 29.6 Å². The summed E-state index contributed by atoms with van der Waals surface area (Å²) in [4.78, 5) is 11.3. The number of aliphatic hydroxyl groups is 2. The molecule has 2 N–H and O–H groups in total. The maximum absolute atomic E-state index is 11.3. The number of allylic oxidation sites excluding steroid dienone is 2. The minimum Gasteiger partial charge on any atom is -0.393 e. The third-order valence-electron chi connectivity index (χ3n) is 6.66. The summed E-state index contributed by atoms with van der Waals surface area (Å²) in [5.74, 6) is 3.11. The standard InChI is InChI=1S/C23H38O3/c1-15(7-5-8-16(2)24)22-12-19(11-17(3)25)13-23(18(22)4)20-9-6-10-21(26)14-20/h6,9-10,15,17-19,21-23,25-26H,5,7-8,11-14H2,1-4H3/t15-,17-,18?,19?,21+,22+,23+/m1/s1. The predicted molar refractivity (Wildman–Crippen MR) is 107 cm³/mol. The maximum atomic E-state index is 11.3. The lowest BCUT2D eigenvalue weighted by Crippen LogP contribution is -2.37. The monoisotopic (exact) mass is 362 g/mol. The molecule has 1 saturated carbocycles. The van der Waals surface area contributed by atoms with E-state index in [1.807, 2.05) is 19.1 Å². The Kier molecular flexibility index (Phi) is 8.09. The lowest BCUT2D eigenvalue weighted by atomic mass is 9.60. The molecule has 0 amide bonds. The van der Waals surface area contributed by atoms with Gasteiger partial charge in [-0.2, -0.15) is 0 Å². The lowest BCUT2D eigenvalue weighted by Gasteiger charge is -2.45. The molecule has 0 radical (unpaired) electrons. The van der Waals surface area contributed by atoms with Gasteiger partial charge in [0.25, 0.3) is 0 Å². The van der Waals surface area contributed by atoms with E-state index >= 15 is 0 Å². The Morgan fingerprint density at radius 2 is 2.04 bits per heavy atom. The summed E-state index contributed by atoms with van der Waals surface area (Å²) >= 11 is 0. The smallest absolute Gasteiger partial charge is 0.129 e. The largest absolute Gasteiger partial charge is 0.393 e. The Morgan fingerprint density at radius 3 is 2.65 bits per heavy atom. The van der Waals surface area contributed by atoms with Crippen LogP contribution in [0.15, 0.2) is 23.8 Å². The van der Waals surface area contributed by atoms with Gasteiger partial charge in [-0.1, -0.05) is 44.1 Å². The minimum atomic E-state index is -0.356. The van der Waals surface area contributed by atoms with Crippen LogP contribution in [-0.2, 0) is 4.79 Å². The fourth-order valence-electron chi connectivity index (χ4n) is 5.33. The van der Waals surface area contributed by atoms with Crippen LogP contribution in [-0.4, -0.2) is 28.2 Å². The van der Waals surface area contributed by atoms with Crippen molar-refractivity contribution in [1.82, 2.24) is 0 Å². The molecule has 0 spiro atoms. The average Bonchev–Trinajstić information content (AvgIpc) is 2.55. The molecule has 2 aliphatic carbocycles.